The Kier molecular flexibility index (Phi) is 5.89. The number of quaternary nitrogens is 1. The van der Waals surface area contributed by atoms with E-state index in [0.29, 0.717) is 22.4 Å². The molecule has 0 spiro atoms. The van der Waals surface area contributed by atoms with Crippen LogP contribution in [-0.2, 0) is 4.79 Å². The molecule has 0 aromatic heterocycles. The molecule has 2 aliphatic heterocycles. The highest BCUT2D eigenvalue weighted by Crippen LogP contribution is 2.37. The third-order valence-corrected chi connectivity index (χ3v) is 6.72. The molecule has 1 aromatic rings. The Morgan fingerprint density at radius 3 is 2.63 bits per heavy atom. The van der Waals surface area contributed by atoms with E-state index >= 15 is 0 Å². The van der Waals surface area contributed by atoms with Crippen LogP contribution in [0.15, 0.2) is 47.0 Å². The van der Waals surface area contributed by atoms with Crippen molar-refractivity contribution in [3.63, 3.8) is 0 Å². The Bertz CT molecular complexity index is 873. The van der Waals surface area contributed by atoms with Gasteiger partial charge in [-0.25, -0.2) is 9.28 Å². The molecule has 27 heavy (non-hydrogen) atoms. The van der Waals surface area contributed by atoms with E-state index in [4.69, 9.17) is 17.0 Å². The normalized spacial score (nSPS) is 24.8. The van der Waals surface area contributed by atoms with Gasteiger partial charge in [-0.15, -0.1) is 0 Å². The third-order valence-electron chi connectivity index (χ3n) is 4.96. The molecule has 4 nitrogen and oxygen atoms in total. The van der Waals surface area contributed by atoms with Crippen molar-refractivity contribution in [3.8, 4) is 5.75 Å². The van der Waals surface area contributed by atoms with Crippen molar-refractivity contribution in [2.75, 3.05) is 31.6 Å². The van der Waals surface area contributed by atoms with Crippen molar-refractivity contribution in [2.24, 2.45) is 0 Å². The lowest BCUT2D eigenvalue weighted by Gasteiger charge is -2.29. The number of amides is 1. The lowest BCUT2D eigenvalue weighted by atomic mass is 10.0. The van der Waals surface area contributed by atoms with E-state index in [0.717, 1.165) is 29.2 Å². The summed E-state index contributed by atoms with van der Waals surface area (Å²) in [4.78, 5) is 15.7. The second-order valence-electron chi connectivity index (χ2n) is 6.53. The number of carbonyl (C=O) groups is 1. The second-order valence-corrected chi connectivity index (χ2v) is 8.21. The minimum absolute atomic E-state index is 0.0777. The fourth-order valence-electron chi connectivity index (χ4n) is 3.17. The van der Waals surface area contributed by atoms with Crippen LogP contribution in [-0.4, -0.2) is 41.5 Å². The van der Waals surface area contributed by atoms with Crippen molar-refractivity contribution >= 4 is 46.0 Å². The van der Waals surface area contributed by atoms with Crippen molar-refractivity contribution in [1.29, 1.82) is 0 Å². The van der Waals surface area contributed by atoms with Gasteiger partial charge in [-0.1, -0.05) is 6.08 Å². The number of likely N-dealkylation sites (N-methyl/N-ethyl adjacent to an activating group) is 2. The van der Waals surface area contributed by atoms with E-state index in [1.807, 2.05) is 39.1 Å². The van der Waals surface area contributed by atoms with Crippen LogP contribution in [0.3, 0.4) is 0 Å². The smallest absolute Gasteiger partial charge is 0.358 e. The minimum Gasteiger partial charge on any atom is -0.494 e. The molecule has 3 rings (SSSR count). The number of thiocarbonyl (C=S) groups is 1. The van der Waals surface area contributed by atoms with E-state index in [-0.39, 0.29) is 10.4 Å². The SMILES string of the molecule is CCOc1ccc2c(c1)C=CC(=CC=C1SC(=S)[N+](C)(CC)C1=O)N2CC. The minimum atomic E-state index is 0.0777. The lowest BCUT2D eigenvalue weighted by Crippen LogP contribution is -2.47. The predicted molar refractivity (Wildman–Crippen MR) is 118 cm³/mol. The van der Waals surface area contributed by atoms with Crippen molar-refractivity contribution in [1.82, 2.24) is 0 Å². The molecule has 6 heteroatoms. The number of carbonyl (C=O) groups excluding carboxylic acids is 1. The second kappa shape index (κ2) is 8.00. The van der Waals surface area contributed by atoms with Gasteiger partial charge >= 0.3 is 5.91 Å². The molecule has 1 amide bonds. The van der Waals surface area contributed by atoms with E-state index < -0.39 is 0 Å². The summed E-state index contributed by atoms with van der Waals surface area (Å²) in [6.07, 6.45) is 8.08. The van der Waals surface area contributed by atoms with E-state index in [1.165, 1.54) is 11.8 Å². The lowest BCUT2D eigenvalue weighted by molar-refractivity contribution is -0.728. The monoisotopic (exact) mass is 401 g/mol. The predicted octanol–water partition coefficient (Wildman–Crippen LogP) is 4.73. The summed E-state index contributed by atoms with van der Waals surface area (Å²) in [7, 11) is 1.89. The zero-order valence-electron chi connectivity index (χ0n) is 16.2. The summed E-state index contributed by atoms with van der Waals surface area (Å²) in [6.45, 7) is 8.26. The van der Waals surface area contributed by atoms with Crippen molar-refractivity contribution in [3.05, 3.63) is 52.6 Å². The van der Waals surface area contributed by atoms with Crippen LogP contribution < -0.4 is 9.64 Å². The quantitative estimate of drug-likeness (QED) is 0.404. The number of benzene rings is 1. The van der Waals surface area contributed by atoms with Gasteiger partial charge in [0.1, 0.15) is 10.7 Å². The van der Waals surface area contributed by atoms with Crippen LogP contribution in [0.2, 0.25) is 0 Å². The van der Waals surface area contributed by atoms with Gasteiger partial charge in [0.05, 0.1) is 20.2 Å². The third kappa shape index (κ3) is 3.61. The molecular formula is C21H25N2O2S2+. The van der Waals surface area contributed by atoms with Crippen molar-refractivity contribution in [2.45, 2.75) is 20.8 Å². The van der Waals surface area contributed by atoms with Crippen LogP contribution >= 0.6 is 24.0 Å². The topological polar surface area (TPSA) is 29.5 Å². The van der Waals surface area contributed by atoms with Gasteiger partial charge in [-0.3, -0.25) is 0 Å². The maximum Gasteiger partial charge on any atom is 0.358 e. The summed E-state index contributed by atoms with van der Waals surface area (Å²) in [5.41, 5.74) is 3.33. The fourth-order valence-corrected chi connectivity index (χ4v) is 4.68. The Hall–Kier alpha value is -1.89. The molecule has 2 heterocycles. The van der Waals surface area contributed by atoms with Crippen LogP contribution in [0.4, 0.5) is 5.69 Å². The van der Waals surface area contributed by atoms with Gasteiger partial charge in [-0.2, -0.15) is 0 Å². The van der Waals surface area contributed by atoms with Crippen molar-refractivity contribution < 1.29 is 14.0 Å². The number of fused-ring (bicyclic) bond motifs is 1. The molecule has 0 N–H and O–H groups in total. The number of rotatable bonds is 5. The molecule has 1 saturated heterocycles. The Balaban J connectivity index is 1.91. The average molecular weight is 402 g/mol. The average Bonchev–Trinajstić information content (AvgIpc) is 2.90. The highest BCUT2D eigenvalue weighted by atomic mass is 32.2. The zero-order valence-corrected chi connectivity index (χ0v) is 17.8. The molecule has 0 bridgehead atoms. The standard InChI is InChI=1S/C21H25N2O2S2/c1-5-22-16(9-8-15-14-17(25-7-3)11-12-18(15)22)10-13-19-20(24)23(4,6-2)21(26)27-19/h8-14H,5-7H2,1-4H3/q+1. The summed E-state index contributed by atoms with van der Waals surface area (Å²) >= 11 is 6.83. The van der Waals surface area contributed by atoms with Gasteiger partial charge in [0.15, 0.2) is 0 Å². The van der Waals surface area contributed by atoms with Crippen LogP contribution in [0.5, 0.6) is 5.75 Å². The van der Waals surface area contributed by atoms with Gasteiger partial charge in [-0.05, 0) is 81.2 Å². The van der Waals surface area contributed by atoms with Gasteiger partial charge in [0, 0.05) is 23.5 Å². The Labute approximate surface area is 170 Å². The number of anilines is 1. The number of hydrogen-bond acceptors (Lipinski definition) is 5. The first-order valence-corrected chi connectivity index (χ1v) is 10.4. The molecule has 1 fully saturated rings. The first kappa shape index (κ1) is 19.9. The fraction of sp³-hybridized carbons (Fsp3) is 0.333. The maximum atomic E-state index is 12.7. The molecule has 0 radical (unpaired) electrons. The van der Waals surface area contributed by atoms with E-state index in [9.17, 15) is 4.79 Å². The largest absolute Gasteiger partial charge is 0.494 e. The molecular weight excluding hydrogens is 376 g/mol. The molecule has 1 aromatic carbocycles. The molecule has 2 aliphatic rings. The summed E-state index contributed by atoms with van der Waals surface area (Å²) < 4.78 is 6.52. The first-order chi connectivity index (χ1) is 12.9. The number of ether oxygens (including phenoxy) is 1. The van der Waals surface area contributed by atoms with Crippen LogP contribution in [0, 0.1) is 0 Å². The summed E-state index contributed by atoms with van der Waals surface area (Å²) in [6, 6.07) is 6.15. The molecule has 0 aliphatic carbocycles. The molecule has 142 valence electrons. The van der Waals surface area contributed by atoms with Gasteiger partial charge in [0.25, 0.3) is 0 Å². The van der Waals surface area contributed by atoms with E-state index in [2.05, 4.69) is 36.1 Å². The number of nitrogens with zero attached hydrogens (tertiary/aromatic N) is 2. The van der Waals surface area contributed by atoms with Gasteiger partial charge in [0.2, 0.25) is 4.32 Å². The maximum absolute atomic E-state index is 12.7. The first-order valence-electron chi connectivity index (χ1n) is 9.21. The highest BCUT2D eigenvalue weighted by molar-refractivity contribution is 8.26. The molecule has 1 atom stereocenters. The number of thioether (sulfide) groups is 1. The summed E-state index contributed by atoms with van der Waals surface area (Å²) in [5, 5.41) is 0. The van der Waals surface area contributed by atoms with Crippen LogP contribution in [0.25, 0.3) is 6.08 Å². The van der Waals surface area contributed by atoms with Crippen LogP contribution in [0.1, 0.15) is 26.3 Å². The highest BCUT2D eigenvalue weighted by Gasteiger charge is 2.46. The zero-order chi connectivity index (χ0) is 19.6. The summed E-state index contributed by atoms with van der Waals surface area (Å²) in [5.74, 6) is 0.957. The van der Waals surface area contributed by atoms with Gasteiger partial charge < -0.3 is 9.64 Å². The Morgan fingerprint density at radius 1 is 1.22 bits per heavy atom. The molecule has 1 unspecified atom stereocenters. The number of allylic oxidation sites excluding steroid dienone is 3. The molecule has 0 saturated carbocycles. The van der Waals surface area contributed by atoms with E-state index in [1.54, 1.807) is 0 Å². The Morgan fingerprint density at radius 2 is 2.00 bits per heavy atom. The number of hydrogen-bond donors (Lipinski definition) is 0.